The molecule has 1 aliphatic rings. The Morgan fingerprint density at radius 1 is 0.966 bits per heavy atom. The molecule has 152 valence electrons. The van der Waals surface area contributed by atoms with Crippen LogP contribution in [0.1, 0.15) is 24.0 Å². The molecule has 2 unspecified atom stereocenters. The lowest BCUT2D eigenvalue weighted by Gasteiger charge is -2.26. The van der Waals surface area contributed by atoms with Crippen molar-refractivity contribution in [2.45, 2.75) is 31.3 Å². The molecule has 0 radical (unpaired) electrons. The second-order valence-electron chi connectivity index (χ2n) is 7.03. The highest BCUT2D eigenvalue weighted by molar-refractivity contribution is 7.90. The maximum Gasteiger partial charge on any atom is 0.310 e. The maximum absolute atomic E-state index is 12.7. The number of allylic oxidation sites excluding steroid dienone is 2. The zero-order valence-electron chi connectivity index (χ0n) is 16.1. The summed E-state index contributed by atoms with van der Waals surface area (Å²) in [6, 6.07) is 15.4. The monoisotopic (exact) mass is 413 g/mol. The van der Waals surface area contributed by atoms with Crippen LogP contribution in [0.25, 0.3) is 0 Å². The molecule has 1 aliphatic carbocycles. The van der Waals surface area contributed by atoms with Crippen LogP contribution in [0.3, 0.4) is 0 Å². The van der Waals surface area contributed by atoms with Crippen molar-refractivity contribution in [1.29, 1.82) is 0 Å². The van der Waals surface area contributed by atoms with Gasteiger partial charge in [-0.15, -0.1) is 0 Å². The van der Waals surface area contributed by atoms with E-state index in [1.807, 2.05) is 43.3 Å². The molecular weight excluding hydrogens is 390 g/mol. The van der Waals surface area contributed by atoms with Gasteiger partial charge in [-0.3, -0.25) is 9.59 Å². The van der Waals surface area contributed by atoms with Crippen LogP contribution in [0.5, 0.6) is 0 Å². The fraction of sp³-hybridized carbons (Fsp3) is 0.273. The Morgan fingerprint density at radius 3 is 2.24 bits per heavy atom. The van der Waals surface area contributed by atoms with Crippen molar-refractivity contribution in [2.24, 2.45) is 11.8 Å². The van der Waals surface area contributed by atoms with E-state index < -0.39 is 33.7 Å². The number of aryl methyl sites for hydroxylation is 1. The Morgan fingerprint density at radius 2 is 1.59 bits per heavy atom. The lowest BCUT2D eigenvalue weighted by Crippen LogP contribution is -2.41. The number of ether oxygens (including phenoxy) is 1. The van der Waals surface area contributed by atoms with E-state index in [1.165, 1.54) is 12.1 Å². The van der Waals surface area contributed by atoms with Gasteiger partial charge < -0.3 is 4.74 Å². The first-order valence-electron chi connectivity index (χ1n) is 9.36. The van der Waals surface area contributed by atoms with E-state index in [0.29, 0.717) is 6.42 Å². The Kier molecular flexibility index (Phi) is 6.49. The SMILES string of the molecule is Cc1ccc(S(=O)(=O)NC(=O)C2CC=CCC2C(=O)OCc2ccccc2)cc1. The highest BCUT2D eigenvalue weighted by atomic mass is 32.2. The van der Waals surface area contributed by atoms with Crippen LogP contribution in [0.15, 0.2) is 71.6 Å². The van der Waals surface area contributed by atoms with Crippen molar-refractivity contribution in [2.75, 3.05) is 0 Å². The van der Waals surface area contributed by atoms with Gasteiger partial charge in [0.1, 0.15) is 6.61 Å². The number of hydrogen-bond acceptors (Lipinski definition) is 5. The number of benzene rings is 2. The number of amides is 1. The van der Waals surface area contributed by atoms with Gasteiger partial charge in [0.25, 0.3) is 10.0 Å². The quantitative estimate of drug-likeness (QED) is 0.581. The van der Waals surface area contributed by atoms with Crippen LogP contribution in [0, 0.1) is 18.8 Å². The average molecular weight is 413 g/mol. The van der Waals surface area contributed by atoms with Crippen LogP contribution in [-0.2, 0) is 31.0 Å². The van der Waals surface area contributed by atoms with E-state index in [0.717, 1.165) is 11.1 Å². The molecule has 2 aromatic carbocycles. The standard InChI is InChI=1S/C22H23NO5S/c1-16-11-13-18(14-12-16)29(26,27)23-21(24)19-9-5-6-10-20(19)22(25)28-15-17-7-3-2-4-8-17/h2-8,11-14,19-20H,9-10,15H2,1H3,(H,23,24). The fourth-order valence-corrected chi connectivity index (χ4v) is 4.21. The highest BCUT2D eigenvalue weighted by Crippen LogP contribution is 2.28. The summed E-state index contributed by atoms with van der Waals surface area (Å²) >= 11 is 0. The lowest BCUT2D eigenvalue weighted by molar-refractivity contribution is -0.154. The summed E-state index contributed by atoms with van der Waals surface area (Å²) in [6.07, 6.45) is 4.20. The zero-order valence-corrected chi connectivity index (χ0v) is 16.9. The molecule has 0 spiro atoms. The maximum atomic E-state index is 12.7. The number of rotatable bonds is 6. The van der Waals surface area contributed by atoms with Crippen molar-refractivity contribution in [3.63, 3.8) is 0 Å². The van der Waals surface area contributed by atoms with Crippen LogP contribution >= 0.6 is 0 Å². The Hall–Kier alpha value is -2.93. The van der Waals surface area contributed by atoms with E-state index in [2.05, 4.69) is 4.72 Å². The van der Waals surface area contributed by atoms with E-state index in [-0.39, 0.29) is 17.9 Å². The molecule has 6 nitrogen and oxygen atoms in total. The summed E-state index contributed by atoms with van der Waals surface area (Å²) in [5.41, 5.74) is 1.75. The number of sulfonamides is 1. The van der Waals surface area contributed by atoms with Crippen molar-refractivity contribution in [1.82, 2.24) is 4.72 Å². The predicted molar refractivity (Wildman–Crippen MR) is 108 cm³/mol. The lowest BCUT2D eigenvalue weighted by atomic mass is 9.82. The largest absolute Gasteiger partial charge is 0.461 e. The highest BCUT2D eigenvalue weighted by Gasteiger charge is 2.37. The smallest absolute Gasteiger partial charge is 0.310 e. The van der Waals surface area contributed by atoms with E-state index in [1.54, 1.807) is 18.2 Å². The molecule has 0 aromatic heterocycles. The van der Waals surface area contributed by atoms with Gasteiger partial charge in [0.15, 0.2) is 0 Å². The first kappa shape index (κ1) is 20.8. The van der Waals surface area contributed by atoms with Gasteiger partial charge in [0, 0.05) is 0 Å². The van der Waals surface area contributed by atoms with Gasteiger partial charge in [-0.2, -0.15) is 0 Å². The topological polar surface area (TPSA) is 89.5 Å². The molecule has 0 fully saturated rings. The van der Waals surface area contributed by atoms with Crippen molar-refractivity contribution in [3.8, 4) is 0 Å². The molecular formula is C22H23NO5S. The van der Waals surface area contributed by atoms with Crippen LogP contribution in [0.2, 0.25) is 0 Å². The van der Waals surface area contributed by atoms with Crippen LogP contribution < -0.4 is 4.72 Å². The van der Waals surface area contributed by atoms with Gasteiger partial charge >= 0.3 is 5.97 Å². The molecule has 0 saturated heterocycles. The fourth-order valence-electron chi connectivity index (χ4n) is 3.18. The first-order valence-corrected chi connectivity index (χ1v) is 10.8. The van der Waals surface area contributed by atoms with Crippen molar-refractivity contribution >= 4 is 21.9 Å². The Bertz CT molecular complexity index is 997. The summed E-state index contributed by atoms with van der Waals surface area (Å²) in [7, 11) is -4.01. The third-order valence-corrected chi connectivity index (χ3v) is 6.22. The van der Waals surface area contributed by atoms with Crippen LogP contribution in [-0.4, -0.2) is 20.3 Å². The molecule has 1 amide bonds. The first-order chi connectivity index (χ1) is 13.9. The average Bonchev–Trinajstić information content (AvgIpc) is 2.72. The number of carbonyl (C=O) groups is 2. The number of hydrogen-bond donors (Lipinski definition) is 1. The molecule has 0 aliphatic heterocycles. The van der Waals surface area contributed by atoms with Gasteiger partial charge in [-0.05, 0) is 37.5 Å². The molecule has 0 heterocycles. The number of esters is 1. The number of carbonyl (C=O) groups excluding carboxylic acids is 2. The summed E-state index contributed by atoms with van der Waals surface area (Å²) in [4.78, 5) is 25.3. The van der Waals surface area contributed by atoms with Crippen molar-refractivity contribution in [3.05, 3.63) is 77.9 Å². The summed E-state index contributed by atoms with van der Waals surface area (Å²) in [5, 5.41) is 0. The normalized spacial score (nSPS) is 18.8. The molecule has 7 heteroatoms. The zero-order chi connectivity index (χ0) is 20.9. The third-order valence-electron chi connectivity index (χ3n) is 4.86. The molecule has 2 aromatic rings. The summed E-state index contributed by atoms with van der Waals surface area (Å²) < 4.78 is 32.5. The number of nitrogens with one attached hydrogen (secondary N) is 1. The minimum absolute atomic E-state index is 0.00556. The molecule has 2 atom stereocenters. The van der Waals surface area contributed by atoms with E-state index in [9.17, 15) is 18.0 Å². The predicted octanol–water partition coefficient (Wildman–Crippen LogP) is 3.13. The van der Waals surface area contributed by atoms with E-state index >= 15 is 0 Å². The van der Waals surface area contributed by atoms with Gasteiger partial charge in [0.05, 0.1) is 16.7 Å². The Balaban J connectivity index is 1.68. The summed E-state index contributed by atoms with van der Waals surface area (Å²) in [5.74, 6) is -2.73. The van der Waals surface area contributed by atoms with Crippen molar-refractivity contribution < 1.29 is 22.7 Å². The molecule has 1 N–H and O–H groups in total. The van der Waals surface area contributed by atoms with Crippen LogP contribution in [0.4, 0.5) is 0 Å². The van der Waals surface area contributed by atoms with E-state index in [4.69, 9.17) is 4.74 Å². The molecule has 3 rings (SSSR count). The second kappa shape index (κ2) is 9.05. The molecule has 0 bridgehead atoms. The minimum atomic E-state index is -4.01. The molecule has 29 heavy (non-hydrogen) atoms. The Labute approximate surface area is 170 Å². The minimum Gasteiger partial charge on any atom is -0.461 e. The third kappa shape index (κ3) is 5.32. The van der Waals surface area contributed by atoms with Gasteiger partial charge in [-0.25, -0.2) is 13.1 Å². The second-order valence-corrected chi connectivity index (χ2v) is 8.71. The van der Waals surface area contributed by atoms with Gasteiger partial charge in [-0.1, -0.05) is 60.2 Å². The van der Waals surface area contributed by atoms with Gasteiger partial charge in [0.2, 0.25) is 5.91 Å². The molecule has 0 saturated carbocycles. The summed E-state index contributed by atoms with van der Waals surface area (Å²) in [6.45, 7) is 1.95.